The summed E-state index contributed by atoms with van der Waals surface area (Å²) in [5.41, 5.74) is 0.212. The molecule has 112 valence electrons. The van der Waals surface area contributed by atoms with Crippen molar-refractivity contribution in [3.8, 4) is 6.07 Å². The first-order valence-electron chi connectivity index (χ1n) is 7.74. The van der Waals surface area contributed by atoms with Gasteiger partial charge in [0.05, 0.1) is 0 Å². The third-order valence-electron chi connectivity index (χ3n) is 3.87. The third-order valence-corrected chi connectivity index (χ3v) is 5.05. The van der Waals surface area contributed by atoms with Gasteiger partial charge in [-0.25, -0.2) is 0 Å². The number of hydrogen-bond donors (Lipinski definition) is 1. The minimum Gasteiger partial charge on any atom is -0.349 e. The number of carbonyl (C=O) groups is 1. The van der Waals surface area contributed by atoms with Crippen LogP contribution in [0.1, 0.15) is 55.2 Å². The zero-order valence-electron chi connectivity index (χ0n) is 12.5. The molecule has 21 heavy (non-hydrogen) atoms. The van der Waals surface area contributed by atoms with Crippen molar-refractivity contribution in [2.75, 3.05) is 0 Å². The van der Waals surface area contributed by atoms with Gasteiger partial charge in [0, 0.05) is 15.8 Å². The van der Waals surface area contributed by atoms with Gasteiger partial charge in [-0.1, -0.05) is 32.6 Å². The predicted molar refractivity (Wildman–Crippen MR) is 86.9 cm³/mol. The van der Waals surface area contributed by atoms with Crippen LogP contribution in [0.3, 0.4) is 0 Å². The van der Waals surface area contributed by atoms with E-state index in [1.807, 2.05) is 12.1 Å². The molecule has 1 saturated carbocycles. The van der Waals surface area contributed by atoms with E-state index in [0.29, 0.717) is 0 Å². The van der Waals surface area contributed by atoms with Crippen molar-refractivity contribution in [3.05, 3.63) is 27.5 Å². The van der Waals surface area contributed by atoms with Crippen LogP contribution in [0.15, 0.2) is 17.7 Å². The molecule has 0 aliphatic heterocycles. The topological polar surface area (TPSA) is 52.9 Å². The van der Waals surface area contributed by atoms with E-state index >= 15 is 0 Å². The summed E-state index contributed by atoms with van der Waals surface area (Å²) < 4.78 is 0. The van der Waals surface area contributed by atoms with E-state index in [1.54, 1.807) is 17.4 Å². The normalized spacial score (nSPS) is 17.0. The number of nitrogens with one attached hydrogen (secondary N) is 1. The molecule has 0 unspecified atom stereocenters. The predicted octanol–water partition coefficient (Wildman–Crippen LogP) is 4.06. The molecule has 1 N–H and O–H groups in total. The zero-order valence-corrected chi connectivity index (χ0v) is 13.3. The second-order valence-corrected chi connectivity index (χ2v) is 6.69. The molecular weight excluding hydrogens is 280 g/mol. The van der Waals surface area contributed by atoms with Crippen LogP contribution >= 0.6 is 11.3 Å². The number of thiophene rings is 1. The number of aryl methyl sites for hydroxylation is 1. The highest BCUT2D eigenvalue weighted by Gasteiger charge is 2.17. The van der Waals surface area contributed by atoms with Gasteiger partial charge in [0.25, 0.3) is 5.91 Å². The van der Waals surface area contributed by atoms with Gasteiger partial charge in [-0.05, 0) is 37.5 Å². The van der Waals surface area contributed by atoms with E-state index in [-0.39, 0.29) is 17.5 Å². The summed E-state index contributed by atoms with van der Waals surface area (Å²) in [5, 5.41) is 12.3. The molecule has 0 aromatic carbocycles. The fourth-order valence-corrected chi connectivity index (χ4v) is 3.54. The monoisotopic (exact) mass is 302 g/mol. The lowest BCUT2D eigenvalue weighted by Crippen LogP contribution is -2.35. The van der Waals surface area contributed by atoms with Crippen molar-refractivity contribution < 1.29 is 4.79 Å². The maximum Gasteiger partial charge on any atom is 0.262 e. The summed E-state index contributed by atoms with van der Waals surface area (Å²) in [6, 6.07) is 6.29. The number of rotatable bonds is 4. The van der Waals surface area contributed by atoms with E-state index in [4.69, 9.17) is 0 Å². The average molecular weight is 302 g/mol. The van der Waals surface area contributed by atoms with Crippen LogP contribution < -0.4 is 5.32 Å². The van der Waals surface area contributed by atoms with Crippen molar-refractivity contribution in [2.24, 2.45) is 0 Å². The van der Waals surface area contributed by atoms with Gasteiger partial charge in [-0.2, -0.15) is 5.26 Å². The number of nitrogens with zero attached hydrogens (tertiary/aromatic N) is 1. The second-order valence-electron chi connectivity index (χ2n) is 5.49. The van der Waals surface area contributed by atoms with Gasteiger partial charge in [0.1, 0.15) is 11.6 Å². The van der Waals surface area contributed by atoms with Crippen molar-refractivity contribution in [3.63, 3.8) is 0 Å². The first-order valence-corrected chi connectivity index (χ1v) is 8.56. The molecule has 1 fully saturated rings. The molecule has 3 nitrogen and oxygen atoms in total. The highest BCUT2D eigenvalue weighted by molar-refractivity contribution is 7.12. The molecule has 1 aromatic heterocycles. The number of carbonyl (C=O) groups excluding carboxylic acids is 1. The molecule has 0 saturated heterocycles. The quantitative estimate of drug-likeness (QED) is 0.518. The highest BCUT2D eigenvalue weighted by atomic mass is 32.1. The molecule has 0 bridgehead atoms. The number of nitriles is 1. The Morgan fingerprint density at radius 3 is 2.67 bits per heavy atom. The lowest BCUT2D eigenvalue weighted by Gasteiger charge is -2.15. The second kappa shape index (κ2) is 7.99. The molecule has 1 aromatic rings. The van der Waals surface area contributed by atoms with Crippen LogP contribution in [0.5, 0.6) is 0 Å². The first kappa shape index (κ1) is 15.8. The summed E-state index contributed by atoms with van der Waals surface area (Å²) >= 11 is 1.64. The fourth-order valence-electron chi connectivity index (χ4n) is 2.64. The minimum absolute atomic E-state index is 0.212. The Labute approximate surface area is 130 Å². The largest absolute Gasteiger partial charge is 0.349 e. The lowest BCUT2D eigenvalue weighted by molar-refractivity contribution is -0.117. The summed E-state index contributed by atoms with van der Waals surface area (Å²) in [6.07, 6.45) is 9.59. The Balaban J connectivity index is 2.02. The Kier molecular flexibility index (Phi) is 6.01. The molecule has 1 heterocycles. The van der Waals surface area contributed by atoms with Crippen LogP contribution in [0.2, 0.25) is 0 Å². The van der Waals surface area contributed by atoms with Crippen molar-refractivity contribution in [1.82, 2.24) is 5.32 Å². The van der Waals surface area contributed by atoms with Crippen molar-refractivity contribution in [2.45, 2.75) is 57.9 Å². The Morgan fingerprint density at radius 1 is 1.38 bits per heavy atom. The van der Waals surface area contributed by atoms with Gasteiger partial charge in [0.15, 0.2) is 0 Å². The van der Waals surface area contributed by atoms with E-state index in [2.05, 4.69) is 18.3 Å². The molecule has 2 rings (SSSR count). The zero-order chi connectivity index (χ0) is 15.1. The van der Waals surface area contributed by atoms with E-state index in [0.717, 1.165) is 24.1 Å². The number of amides is 1. The Hall–Kier alpha value is -1.60. The summed E-state index contributed by atoms with van der Waals surface area (Å²) in [7, 11) is 0. The summed E-state index contributed by atoms with van der Waals surface area (Å²) in [5.74, 6) is -0.226. The minimum atomic E-state index is -0.226. The summed E-state index contributed by atoms with van der Waals surface area (Å²) in [4.78, 5) is 14.5. The molecule has 0 radical (unpaired) electrons. The van der Waals surface area contributed by atoms with Crippen LogP contribution in [0, 0.1) is 11.3 Å². The molecule has 1 amide bonds. The summed E-state index contributed by atoms with van der Waals surface area (Å²) in [6.45, 7) is 2.10. The van der Waals surface area contributed by atoms with Crippen LogP contribution in [-0.4, -0.2) is 11.9 Å². The molecule has 0 spiro atoms. The maximum absolute atomic E-state index is 12.2. The van der Waals surface area contributed by atoms with Crippen LogP contribution in [-0.2, 0) is 11.2 Å². The van der Waals surface area contributed by atoms with Gasteiger partial charge < -0.3 is 5.32 Å². The molecular formula is C17H22N2OS. The molecule has 1 aliphatic rings. The van der Waals surface area contributed by atoms with Crippen molar-refractivity contribution >= 4 is 23.3 Å². The van der Waals surface area contributed by atoms with E-state index in [9.17, 15) is 10.1 Å². The van der Waals surface area contributed by atoms with Crippen molar-refractivity contribution in [1.29, 1.82) is 5.26 Å². The molecule has 1 aliphatic carbocycles. The lowest BCUT2D eigenvalue weighted by atomic mass is 10.1. The van der Waals surface area contributed by atoms with E-state index in [1.165, 1.54) is 30.6 Å². The Bertz CT molecular complexity index is 545. The van der Waals surface area contributed by atoms with Gasteiger partial charge in [0.2, 0.25) is 0 Å². The first-order chi connectivity index (χ1) is 10.2. The number of hydrogen-bond acceptors (Lipinski definition) is 3. The third kappa shape index (κ3) is 4.71. The molecule has 4 heteroatoms. The smallest absolute Gasteiger partial charge is 0.262 e. The molecule has 0 atom stereocenters. The standard InChI is InChI=1S/C17H22N2OS/c1-2-15-9-10-16(21-15)11-13(12-18)17(20)19-14-7-5-3-4-6-8-14/h9-11,14H,2-8H2,1H3,(H,19,20)/b13-11+. The fraction of sp³-hybridized carbons (Fsp3) is 0.529. The average Bonchev–Trinajstić information content (AvgIpc) is 2.80. The Morgan fingerprint density at radius 2 is 2.10 bits per heavy atom. The van der Waals surface area contributed by atoms with Crippen LogP contribution in [0.25, 0.3) is 6.08 Å². The van der Waals surface area contributed by atoms with Crippen LogP contribution in [0.4, 0.5) is 0 Å². The van der Waals surface area contributed by atoms with Gasteiger partial charge >= 0.3 is 0 Å². The van der Waals surface area contributed by atoms with Gasteiger partial charge in [-0.3, -0.25) is 4.79 Å². The van der Waals surface area contributed by atoms with Gasteiger partial charge in [-0.15, -0.1) is 11.3 Å². The van der Waals surface area contributed by atoms with E-state index < -0.39 is 0 Å². The maximum atomic E-state index is 12.2. The highest BCUT2D eigenvalue weighted by Crippen LogP contribution is 2.21. The SMILES string of the molecule is CCc1ccc(/C=C(\C#N)C(=O)NC2CCCCCC2)s1.